The van der Waals surface area contributed by atoms with E-state index in [4.69, 9.17) is 21.3 Å². The van der Waals surface area contributed by atoms with Crippen molar-refractivity contribution in [1.82, 2.24) is 30.1 Å². The number of pyridine rings is 1. The zero-order valence-electron chi connectivity index (χ0n) is 27.3. The van der Waals surface area contributed by atoms with Crippen LogP contribution in [0.3, 0.4) is 0 Å². The lowest BCUT2D eigenvalue weighted by atomic mass is 10.0. The molecule has 4 N–H and O–H groups in total. The zero-order valence-corrected chi connectivity index (χ0v) is 28.0. The van der Waals surface area contributed by atoms with Crippen LogP contribution in [0.5, 0.6) is 5.75 Å². The van der Waals surface area contributed by atoms with E-state index in [0.717, 1.165) is 17.7 Å². The highest BCUT2D eigenvalue weighted by atomic mass is 35.5. The van der Waals surface area contributed by atoms with Gasteiger partial charge in [0.2, 0.25) is 17.8 Å². The molecule has 2 saturated heterocycles. The monoisotopic (exact) mass is 699 g/mol. The summed E-state index contributed by atoms with van der Waals surface area (Å²) in [6, 6.07) is 12.1. The van der Waals surface area contributed by atoms with Crippen molar-refractivity contribution in [1.29, 1.82) is 0 Å². The maximum atomic E-state index is 13.1. The van der Waals surface area contributed by atoms with Crippen LogP contribution >= 0.6 is 11.6 Å². The van der Waals surface area contributed by atoms with Crippen LogP contribution in [-0.2, 0) is 28.0 Å². The minimum atomic E-state index is -0.656. The first-order valence-corrected chi connectivity index (χ1v) is 16.5. The fourth-order valence-electron chi connectivity index (χ4n) is 6.54. The summed E-state index contributed by atoms with van der Waals surface area (Å²) in [5, 5.41) is 12.7. The minimum Gasteiger partial charge on any atom is -0.478 e. The first kappa shape index (κ1) is 32.8. The van der Waals surface area contributed by atoms with Gasteiger partial charge < -0.3 is 35.1 Å². The number of carbonyl (C=O) groups is 4. The number of ether oxygens (including phenoxy) is 1. The van der Waals surface area contributed by atoms with Crippen LogP contribution in [0.4, 0.5) is 23.1 Å². The van der Waals surface area contributed by atoms with Crippen LogP contribution < -0.4 is 36.5 Å². The van der Waals surface area contributed by atoms with Gasteiger partial charge in [0.25, 0.3) is 17.4 Å². The van der Waals surface area contributed by atoms with E-state index in [1.807, 2.05) is 24.3 Å². The predicted octanol–water partition coefficient (Wildman–Crippen LogP) is 2.30. The number of likely N-dealkylation sites (N-methyl/N-ethyl adjacent to an activating group) is 1. The Hall–Kier alpha value is -5.70. The van der Waals surface area contributed by atoms with Crippen molar-refractivity contribution < 1.29 is 23.9 Å². The number of halogens is 1. The van der Waals surface area contributed by atoms with Crippen LogP contribution in [0.1, 0.15) is 35.2 Å². The number of nitrogens with one attached hydrogen (secondary N) is 4. The van der Waals surface area contributed by atoms with Crippen LogP contribution in [0.15, 0.2) is 53.5 Å². The average molecular weight is 700 g/mol. The largest absolute Gasteiger partial charge is 0.478 e. The molecule has 2 fully saturated rings. The maximum absolute atomic E-state index is 13.1. The molecule has 15 nitrogen and oxygen atoms in total. The predicted molar refractivity (Wildman–Crippen MR) is 186 cm³/mol. The molecule has 4 aromatic rings. The molecule has 0 aliphatic carbocycles. The highest BCUT2D eigenvalue weighted by Gasteiger charge is 2.39. The summed E-state index contributed by atoms with van der Waals surface area (Å²) in [6.07, 6.45) is 2.90. The second-order valence-electron chi connectivity index (χ2n) is 12.4. The van der Waals surface area contributed by atoms with E-state index in [9.17, 15) is 24.0 Å². The van der Waals surface area contributed by atoms with E-state index in [2.05, 4.69) is 31.2 Å². The van der Waals surface area contributed by atoms with Crippen molar-refractivity contribution in [3.8, 4) is 5.75 Å². The number of aromatic nitrogens is 3. The third-order valence-corrected chi connectivity index (χ3v) is 9.46. The number of hydrogen-bond donors (Lipinski definition) is 4. The molecule has 1 unspecified atom stereocenters. The quantitative estimate of drug-likeness (QED) is 0.188. The minimum absolute atomic E-state index is 0.0582. The number of hydrogen-bond acceptors (Lipinski definition) is 11. The van der Waals surface area contributed by atoms with Gasteiger partial charge in [-0.15, -0.1) is 0 Å². The lowest BCUT2D eigenvalue weighted by molar-refractivity contribution is -0.137. The standard InChI is InChI=1S/C34H34ClN9O6/c1-36-29(46)17-50-27-13-18-11-21(4-6-25(18)42(2)33(27)49)39-30-24(35)14-37-34(41-30)43-10-9-22(16-43)38-20-3-5-23-19(12-20)15-44(32(23)48)26-7-8-28(45)40-31(26)47/h3-6,11-14,22,26,38H,7-10,15-17H2,1-2H3,(H,36,46)(H,37,39,41)(H,40,45,47)/t22-,26?/m1/s1. The number of rotatable bonds is 9. The van der Waals surface area contributed by atoms with E-state index in [-0.39, 0.29) is 48.1 Å². The van der Waals surface area contributed by atoms with Gasteiger partial charge >= 0.3 is 0 Å². The Morgan fingerprint density at radius 1 is 1.08 bits per heavy atom. The Kier molecular flexibility index (Phi) is 8.74. The summed E-state index contributed by atoms with van der Waals surface area (Å²) in [7, 11) is 3.13. The fourth-order valence-corrected chi connectivity index (χ4v) is 6.68. The molecule has 7 rings (SSSR count). The number of imide groups is 1. The molecular weight excluding hydrogens is 666 g/mol. The van der Waals surface area contributed by atoms with Crippen molar-refractivity contribution in [3.63, 3.8) is 0 Å². The van der Waals surface area contributed by atoms with Crippen LogP contribution in [0, 0.1) is 0 Å². The van der Waals surface area contributed by atoms with Gasteiger partial charge in [-0.05, 0) is 60.9 Å². The maximum Gasteiger partial charge on any atom is 0.293 e. The highest BCUT2D eigenvalue weighted by molar-refractivity contribution is 6.33. The van der Waals surface area contributed by atoms with Gasteiger partial charge in [0.1, 0.15) is 11.1 Å². The highest BCUT2D eigenvalue weighted by Crippen LogP contribution is 2.32. The molecule has 4 amide bonds. The Balaban J connectivity index is 1.02. The number of carbonyl (C=O) groups excluding carboxylic acids is 4. The molecule has 3 aliphatic rings. The molecule has 3 aliphatic heterocycles. The molecule has 0 spiro atoms. The van der Waals surface area contributed by atoms with E-state index in [1.165, 1.54) is 11.6 Å². The third kappa shape index (κ3) is 6.39. The van der Waals surface area contributed by atoms with Gasteiger partial charge in [0.05, 0.1) is 11.7 Å². The lowest BCUT2D eigenvalue weighted by Gasteiger charge is -2.29. The molecule has 16 heteroatoms. The lowest BCUT2D eigenvalue weighted by Crippen LogP contribution is -2.52. The molecule has 2 aromatic carbocycles. The molecule has 5 heterocycles. The number of aryl methyl sites for hydroxylation is 1. The summed E-state index contributed by atoms with van der Waals surface area (Å²) in [5.74, 6) is -0.319. The Morgan fingerprint density at radius 3 is 2.70 bits per heavy atom. The first-order valence-electron chi connectivity index (χ1n) is 16.1. The molecular formula is C34H34ClN9O6. The fraction of sp³-hybridized carbons (Fsp3) is 0.324. The molecule has 50 heavy (non-hydrogen) atoms. The molecule has 0 bridgehead atoms. The molecule has 2 aromatic heterocycles. The summed E-state index contributed by atoms with van der Waals surface area (Å²) in [5.41, 5.74) is 3.26. The summed E-state index contributed by atoms with van der Waals surface area (Å²) < 4.78 is 6.94. The summed E-state index contributed by atoms with van der Waals surface area (Å²) >= 11 is 6.51. The van der Waals surface area contributed by atoms with Gasteiger partial charge in [-0.2, -0.15) is 4.98 Å². The topological polar surface area (TPSA) is 180 Å². The average Bonchev–Trinajstić information content (AvgIpc) is 3.70. The number of anilines is 4. The molecule has 0 radical (unpaired) electrons. The third-order valence-electron chi connectivity index (χ3n) is 9.19. The van der Waals surface area contributed by atoms with Gasteiger partial charge in [-0.1, -0.05) is 11.6 Å². The van der Waals surface area contributed by atoms with Crippen molar-refractivity contribution in [2.75, 3.05) is 42.3 Å². The summed E-state index contributed by atoms with van der Waals surface area (Å²) in [6.45, 7) is 1.36. The van der Waals surface area contributed by atoms with Crippen LogP contribution in [-0.4, -0.2) is 81.9 Å². The molecule has 258 valence electrons. The smallest absolute Gasteiger partial charge is 0.293 e. The Labute approximate surface area is 290 Å². The number of benzene rings is 2. The van der Waals surface area contributed by atoms with Gasteiger partial charge in [-0.3, -0.25) is 29.3 Å². The number of piperidine rings is 1. The van der Waals surface area contributed by atoms with E-state index >= 15 is 0 Å². The van der Waals surface area contributed by atoms with Crippen LogP contribution in [0.25, 0.3) is 10.9 Å². The molecule has 0 saturated carbocycles. The summed E-state index contributed by atoms with van der Waals surface area (Å²) in [4.78, 5) is 74.3. The van der Waals surface area contributed by atoms with Gasteiger partial charge in [0, 0.05) is 68.5 Å². The second-order valence-corrected chi connectivity index (χ2v) is 12.9. The number of amides is 4. The normalized spacial score (nSPS) is 18.7. The second kappa shape index (κ2) is 13.3. The van der Waals surface area contributed by atoms with Gasteiger partial charge in [-0.25, -0.2) is 4.98 Å². The Bertz CT molecular complexity index is 2120. The number of fused-ring (bicyclic) bond motifs is 2. The van der Waals surface area contributed by atoms with E-state index < -0.39 is 11.9 Å². The zero-order chi connectivity index (χ0) is 35.1. The Morgan fingerprint density at radius 2 is 1.90 bits per heavy atom. The van der Waals surface area contributed by atoms with Crippen molar-refractivity contribution in [3.05, 3.63) is 75.2 Å². The van der Waals surface area contributed by atoms with Crippen molar-refractivity contribution in [2.24, 2.45) is 7.05 Å². The van der Waals surface area contributed by atoms with Gasteiger partial charge in [0.15, 0.2) is 18.2 Å². The first-order chi connectivity index (χ1) is 24.1. The van der Waals surface area contributed by atoms with Crippen LogP contribution in [0.2, 0.25) is 5.02 Å². The molecule has 2 atom stereocenters. The number of nitrogens with zero attached hydrogens (tertiary/aromatic N) is 5. The van der Waals surface area contributed by atoms with E-state index in [1.54, 1.807) is 36.3 Å². The van der Waals surface area contributed by atoms with E-state index in [0.29, 0.717) is 65.0 Å². The van der Waals surface area contributed by atoms with Crippen molar-refractivity contribution >= 4 is 69.3 Å². The van der Waals surface area contributed by atoms with Crippen molar-refractivity contribution in [2.45, 2.75) is 37.9 Å². The SMILES string of the molecule is CNC(=O)COc1cc2cc(Nc3nc(N4CC[C@@H](Nc5ccc6c(c5)CN(C5CCC(=O)NC5=O)C6=O)C4)ncc3Cl)ccc2n(C)c1=O.